The number of sulfonamides is 1. The summed E-state index contributed by atoms with van der Waals surface area (Å²) < 4.78 is 33.5. The molecule has 0 aliphatic carbocycles. The maximum Gasteiger partial charge on any atom is 0.261 e. The van der Waals surface area contributed by atoms with E-state index in [1.165, 1.54) is 0 Å². The predicted octanol–water partition coefficient (Wildman–Crippen LogP) is 4.78. The van der Waals surface area contributed by atoms with Crippen molar-refractivity contribution in [1.29, 1.82) is 0 Å². The minimum atomic E-state index is -3.65. The van der Waals surface area contributed by atoms with Gasteiger partial charge in [0.25, 0.3) is 10.0 Å². The van der Waals surface area contributed by atoms with Crippen molar-refractivity contribution in [3.05, 3.63) is 77.9 Å². The normalized spacial score (nSPS) is 11.2. The van der Waals surface area contributed by atoms with Crippen molar-refractivity contribution in [3.63, 3.8) is 0 Å². The predicted molar refractivity (Wildman–Crippen MR) is 105 cm³/mol. The number of anilines is 1. The van der Waals surface area contributed by atoms with Gasteiger partial charge in [-0.3, -0.25) is 4.72 Å². The molecule has 0 aliphatic rings. The van der Waals surface area contributed by atoms with Crippen LogP contribution in [0.2, 0.25) is 0 Å². The molecule has 0 amide bonds. The molecule has 0 atom stereocenters. The van der Waals surface area contributed by atoms with E-state index in [9.17, 15) is 8.42 Å². The Morgan fingerprint density at radius 1 is 0.846 bits per heavy atom. The van der Waals surface area contributed by atoms with E-state index in [0.717, 1.165) is 28.0 Å². The first kappa shape index (κ1) is 18.0. The Morgan fingerprint density at radius 2 is 1.42 bits per heavy atom. The van der Waals surface area contributed by atoms with Crippen LogP contribution in [0.1, 0.15) is 11.1 Å². The van der Waals surface area contributed by atoms with Crippen molar-refractivity contribution in [2.75, 3.05) is 11.8 Å². The van der Waals surface area contributed by atoms with Crippen LogP contribution in [0.25, 0.3) is 11.1 Å². The Morgan fingerprint density at radius 3 is 2.04 bits per heavy atom. The smallest absolute Gasteiger partial charge is 0.261 e. The van der Waals surface area contributed by atoms with Gasteiger partial charge in [-0.05, 0) is 60.9 Å². The first-order valence-corrected chi connectivity index (χ1v) is 9.73. The highest BCUT2D eigenvalue weighted by atomic mass is 32.2. The van der Waals surface area contributed by atoms with Crippen molar-refractivity contribution in [1.82, 2.24) is 0 Å². The van der Waals surface area contributed by atoms with Crippen LogP contribution in [-0.2, 0) is 10.0 Å². The van der Waals surface area contributed by atoms with Gasteiger partial charge in [0, 0.05) is 5.56 Å². The zero-order valence-electron chi connectivity index (χ0n) is 15.0. The molecule has 0 heterocycles. The fourth-order valence-electron chi connectivity index (χ4n) is 3.05. The quantitative estimate of drug-likeness (QED) is 0.706. The number of nitrogens with one attached hydrogen (secondary N) is 1. The molecule has 0 saturated carbocycles. The lowest BCUT2D eigenvalue weighted by Crippen LogP contribution is -2.13. The van der Waals surface area contributed by atoms with Gasteiger partial charge < -0.3 is 4.74 Å². The van der Waals surface area contributed by atoms with Gasteiger partial charge in [-0.1, -0.05) is 36.4 Å². The maximum absolute atomic E-state index is 12.7. The molecule has 26 heavy (non-hydrogen) atoms. The molecular weight excluding hydrogens is 346 g/mol. The second-order valence-electron chi connectivity index (χ2n) is 6.11. The van der Waals surface area contributed by atoms with Crippen LogP contribution in [0.3, 0.4) is 0 Å². The van der Waals surface area contributed by atoms with E-state index in [1.807, 2.05) is 44.2 Å². The van der Waals surface area contributed by atoms with Crippen LogP contribution in [0.4, 0.5) is 5.69 Å². The van der Waals surface area contributed by atoms with Crippen molar-refractivity contribution in [2.45, 2.75) is 18.7 Å². The zero-order valence-corrected chi connectivity index (χ0v) is 15.8. The minimum absolute atomic E-state index is 0.233. The summed E-state index contributed by atoms with van der Waals surface area (Å²) in [6, 6.07) is 19.7. The van der Waals surface area contributed by atoms with Gasteiger partial charge in [-0.25, -0.2) is 8.42 Å². The molecule has 0 spiro atoms. The second kappa shape index (κ2) is 7.22. The van der Waals surface area contributed by atoms with Gasteiger partial charge in [-0.2, -0.15) is 0 Å². The molecule has 1 N–H and O–H groups in total. The van der Waals surface area contributed by atoms with Crippen LogP contribution in [0.15, 0.2) is 71.6 Å². The summed E-state index contributed by atoms with van der Waals surface area (Å²) in [5.74, 6) is 0.844. The summed E-state index contributed by atoms with van der Waals surface area (Å²) in [7, 11) is -2.00. The molecule has 4 nitrogen and oxygen atoms in total. The summed E-state index contributed by atoms with van der Waals surface area (Å²) >= 11 is 0. The molecule has 0 bridgehead atoms. The van der Waals surface area contributed by atoms with E-state index in [2.05, 4.69) is 4.72 Å². The Kier molecular flexibility index (Phi) is 5.00. The molecule has 0 radical (unpaired) electrons. The summed E-state index contributed by atoms with van der Waals surface area (Å²) in [5, 5.41) is 0. The third-order valence-electron chi connectivity index (χ3n) is 4.20. The van der Waals surface area contributed by atoms with Crippen LogP contribution < -0.4 is 9.46 Å². The Hall–Kier alpha value is -2.79. The van der Waals surface area contributed by atoms with Gasteiger partial charge in [0.2, 0.25) is 0 Å². The topological polar surface area (TPSA) is 55.4 Å². The molecule has 134 valence electrons. The first-order chi connectivity index (χ1) is 12.4. The number of hydrogen-bond acceptors (Lipinski definition) is 3. The highest BCUT2D eigenvalue weighted by Gasteiger charge is 2.17. The average molecular weight is 367 g/mol. The minimum Gasteiger partial charge on any atom is -0.496 e. The Balaban J connectivity index is 2.05. The van der Waals surface area contributed by atoms with Crippen molar-refractivity contribution >= 4 is 15.7 Å². The molecule has 5 heteroatoms. The lowest BCUT2D eigenvalue weighted by Gasteiger charge is -2.15. The number of rotatable bonds is 5. The number of benzene rings is 3. The van der Waals surface area contributed by atoms with E-state index < -0.39 is 10.0 Å². The van der Waals surface area contributed by atoms with Crippen LogP contribution in [0, 0.1) is 13.8 Å². The fraction of sp³-hybridized carbons (Fsp3) is 0.143. The van der Waals surface area contributed by atoms with E-state index in [-0.39, 0.29) is 4.90 Å². The number of aryl methyl sites for hydroxylation is 2. The monoisotopic (exact) mass is 367 g/mol. The molecular formula is C21H21NO3S. The van der Waals surface area contributed by atoms with Crippen LogP contribution in [0.5, 0.6) is 5.75 Å². The Bertz CT molecular complexity index is 1010. The third-order valence-corrected chi connectivity index (χ3v) is 5.58. The SMILES string of the molecule is COc1c(C)cc(-c2ccccc2NS(=O)(=O)c2ccccc2)cc1C. The van der Waals surface area contributed by atoms with Crippen molar-refractivity contribution < 1.29 is 13.2 Å². The highest BCUT2D eigenvalue weighted by Crippen LogP contribution is 2.34. The summed E-state index contributed by atoms with van der Waals surface area (Å²) in [6.45, 7) is 3.96. The second-order valence-corrected chi connectivity index (χ2v) is 7.79. The van der Waals surface area contributed by atoms with Gasteiger partial charge >= 0.3 is 0 Å². The number of hydrogen-bond donors (Lipinski definition) is 1. The molecule has 0 saturated heterocycles. The third kappa shape index (κ3) is 3.58. The van der Waals surface area contributed by atoms with Gasteiger partial charge in [0.05, 0.1) is 17.7 Å². The summed E-state index contributed by atoms with van der Waals surface area (Å²) in [5.41, 5.74) is 4.31. The van der Waals surface area contributed by atoms with Gasteiger partial charge in [-0.15, -0.1) is 0 Å². The van der Waals surface area contributed by atoms with Crippen LogP contribution in [-0.4, -0.2) is 15.5 Å². The van der Waals surface area contributed by atoms with Crippen molar-refractivity contribution in [2.24, 2.45) is 0 Å². The number of ether oxygens (including phenoxy) is 1. The molecule has 3 aromatic carbocycles. The Labute approximate surface area is 154 Å². The summed E-state index contributed by atoms with van der Waals surface area (Å²) in [6.07, 6.45) is 0. The number of methoxy groups -OCH3 is 1. The molecule has 0 fully saturated rings. The summed E-state index contributed by atoms with van der Waals surface area (Å²) in [4.78, 5) is 0.233. The van der Waals surface area contributed by atoms with Crippen molar-refractivity contribution in [3.8, 4) is 16.9 Å². The van der Waals surface area contributed by atoms with Gasteiger partial charge in [0.1, 0.15) is 5.75 Å². The maximum atomic E-state index is 12.7. The lowest BCUT2D eigenvalue weighted by molar-refractivity contribution is 0.408. The largest absolute Gasteiger partial charge is 0.496 e. The van der Waals surface area contributed by atoms with E-state index in [4.69, 9.17) is 4.74 Å². The van der Waals surface area contributed by atoms with Crippen LogP contribution >= 0.6 is 0 Å². The number of para-hydroxylation sites is 1. The first-order valence-electron chi connectivity index (χ1n) is 8.25. The highest BCUT2D eigenvalue weighted by molar-refractivity contribution is 7.92. The molecule has 3 aromatic rings. The molecule has 0 aromatic heterocycles. The lowest BCUT2D eigenvalue weighted by atomic mass is 9.98. The van der Waals surface area contributed by atoms with E-state index in [1.54, 1.807) is 43.5 Å². The van der Waals surface area contributed by atoms with E-state index >= 15 is 0 Å². The standard InChI is InChI=1S/C21H21NO3S/c1-15-13-17(14-16(2)21(15)25-3)19-11-7-8-12-20(19)22-26(23,24)18-9-5-4-6-10-18/h4-14,22H,1-3H3. The average Bonchev–Trinajstić information content (AvgIpc) is 2.62. The molecule has 0 aliphatic heterocycles. The fourth-order valence-corrected chi connectivity index (χ4v) is 4.16. The molecule has 0 unspecified atom stereocenters. The zero-order chi connectivity index (χ0) is 18.7. The van der Waals surface area contributed by atoms with E-state index in [0.29, 0.717) is 5.69 Å². The molecule has 3 rings (SSSR count). The van der Waals surface area contributed by atoms with Gasteiger partial charge in [0.15, 0.2) is 0 Å².